The molecule has 4 rings (SSSR count). The highest BCUT2D eigenvalue weighted by atomic mass is 16.8. The molecule has 3 fully saturated rings. The number of carboxylic acids is 1. The molecule has 502 valence electrons. The van der Waals surface area contributed by atoms with Gasteiger partial charge in [-0.05, 0) is 31.4 Å². The quantitative estimate of drug-likeness (QED) is 0.0325. The van der Waals surface area contributed by atoms with Crippen molar-refractivity contribution in [2.45, 2.75) is 310 Å². The molecule has 2 amide bonds. The van der Waals surface area contributed by atoms with Gasteiger partial charge in [-0.2, -0.15) is 0 Å². The Bertz CT molecular complexity index is 2030. The summed E-state index contributed by atoms with van der Waals surface area (Å²) >= 11 is 0. The lowest BCUT2D eigenvalue weighted by molar-refractivity contribution is -0.386. The molecule has 1 aromatic rings. The zero-order valence-electron chi connectivity index (χ0n) is 51.6. The average molecular weight is 1240 g/mol. The SMILES string of the molecule is CCCCCCCCCCCCC/C=C/[C@@H](O)[C@H](CO[C@@H]1O[C@H](CO)[C@@H](O[C@@H]2O[C@H](CO)[C@H](O)[C@H](O[C@]3(C(=O)O)C[C@H](O)[C@@H](NC(=O)c4ccncc4)[C@H]([C@H](O)[C@H](O)CO)O3)[C@H]2O)[C@H](O)[C@H]1O)NC(=O)CCCCCCCCCCCCCCCCC. The minimum absolute atomic E-state index is 0.0271. The van der Waals surface area contributed by atoms with Crippen LogP contribution in [0.5, 0.6) is 0 Å². The lowest BCUT2D eigenvalue weighted by Crippen LogP contribution is -2.71. The van der Waals surface area contributed by atoms with Crippen LogP contribution in [0.3, 0.4) is 0 Å². The van der Waals surface area contributed by atoms with Crippen molar-refractivity contribution in [3.63, 3.8) is 0 Å². The molecule has 24 heteroatoms. The summed E-state index contributed by atoms with van der Waals surface area (Å²) in [4.78, 5) is 43.6. The van der Waals surface area contributed by atoms with Crippen LogP contribution in [0.15, 0.2) is 36.7 Å². The van der Waals surface area contributed by atoms with E-state index in [0.717, 1.165) is 44.9 Å². The monoisotopic (exact) mass is 1240 g/mol. The number of aliphatic carboxylic acids is 1. The Hall–Kier alpha value is -3.38. The van der Waals surface area contributed by atoms with E-state index in [1.54, 1.807) is 6.08 Å². The highest BCUT2D eigenvalue weighted by Gasteiger charge is 2.60. The van der Waals surface area contributed by atoms with E-state index in [-0.39, 0.29) is 17.9 Å². The van der Waals surface area contributed by atoms with Gasteiger partial charge in [0.1, 0.15) is 67.1 Å². The Morgan fingerprint density at radius 3 is 1.70 bits per heavy atom. The molecular formula is C63H109N3O21. The fourth-order valence-corrected chi connectivity index (χ4v) is 11.4. The summed E-state index contributed by atoms with van der Waals surface area (Å²) < 4.78 is 35.0. The number of ether oxygens (including phenoxy) is 6. The zero-order chi connectivity index (χ0) is 63.6. The van der Waals surface area contributed by atoms with Crippen molar-refractivity contribution in [2.75, 3.05) is 26.4 Å². The van der Waals surface area contributed by atoms with Crippen molar-refractivity contribution in [1.82, 2.24) is 15.6 Å². The van der Waals surface area contributed by atoms with Crippen molar-refractivity contribution in [2.24, 2.45) is 0 Å². The molecule has 0 unspecified atom stereocenters. The number of allylic oxidation sites excluding steroid dienone is 1. The van der Waals surface area contributed by atoms with Crippen LogP contribution >= 0.6 is 0 Å². The van der Waals surface area contributed by atoms with Gasteiger partial charge in [-0.1, -0.05) is 180 Å². The van der Waals surface area contributed by atoms with Gasteiger partial charge in [0.2, 0.25) is 5.91 Å². The number of unbranched alkanes of at least 4 members (excludes halogenated alkanes) is 25. The maximum Gasteiger partial charge on any atom is 0.364 e. The van der Waals surface area contributed by atoms with Crippen LogP contribution in [0.4, 0.5) is 0 Å². The van der Waals surface area contributed by atoms with E-state index in [1.165, 1.54) is 140 Å². The zero-order valence-corrected chi connectivity index (χ0v) is 51.6. The number of hydrogen-bond donors (Lipinski definition) is 14. The maximum atomic E-state index is 13.4. The van der Waals surface area contributed by atoms with Gasteiger partial charge in [-0.25, -0.2) is 4.79 Å². The lowest BCUT2D eigenvalue weighted by atomic mass is 9.88. The highest BCUT2D eigenvalue weighted by Crippen LogP contribution is 2.39. The van der Waals surface area contributed by atoms with Crippen molar-refractivity contribution in [1.29, 1.82) is 0 Å². The first-order valence-corrected chi connectivity index (χ1v) is 32.6. The third-order valence-corrected chi connectivity index (χ3v) is 16.8. The van der Waals surface area contributed by atoms with Gasteiger partial charge in [0.25, 0.3) is 11.7 Å². The van der Waals surface area contributed by atoms with Crippen LogP contribution in [-0.4, -0.2) is 220 Å². The number of carboxylic acid groups (broad SMARTS) is 1. The van der Waals surface area contributed by atoms with E-state index in [1.807, 2.05) is 6.08 Å². The molecule has 87 heavy (non-hydrogen) atoms. The number of carbonyl (C=O) groups is 3. The van der Waals surface area contributed by atoms with Gasteiger partial charge >= 0.3 is 5.97 Å². The number of aliphatic hydroxyl groups is 11. The molecule has 0 aromatic carbocycles. The second kappa shape index (κ2) is 42.6. The fraction of sp³-hybridized carbons (Fsp3) is 0.841. The number of nitrogens with one attached hydrogen (secondary N) is 2. The molecular weight excluding hydrogens is 1130 g/mol. The molecule has 0 aliphatic carbocycles. The molecule has 3 aliphatic rings. The Morgan fingerprint density at radius 1 is 0.667 bits per heavy atom. The van der Waals surface area contributed by atoms with Gasteiger partial charge in [-0.3, -0.25) is 14.6 Å². The molecule has 0 spiro atoms. The maximum absolute atomic E-state index is 13.4. The average Bonchev–Trinajstić information content (AvgIpc) is 1.09. The van der Waals surface area contributed by atoms with Crippen molar-refractivity contribution in [3.05, 3.63) is 42.2 Å². The van der Waals surface area contributed by atoms with Crippen LogP contribution in [0.25, 0.3) is 0 Å². The molecule has 18 atom stereocenters. The molecule has 1 aromatic heterocycles. The topological polar surface area (TPSA) is 386 Å². The van der Waals surface area contributed by atoms with Crippen LogP contribution in [-0.2, 0) is 38.0 Å². The fourth-order valence-electron chi connectivity index (χ4n) is 11.4. The predicted octanol–water partition coefficient (Wildman–Crippen LogP) is 3.85. The third kappa shape index (κ3) is 25.7. The summed E-state index contributed by atoms with van der Waals surface area (Å²) in [5, 5.41) is 137. The molecule has 4 heterocycles. The van der Waals surface area contributed by atoms with Gasteiger partial charge in [0, 0.05) is 30.8 Å². The summed E-state index contributed by atoms with van der Waals surface area (Å²) in [6.07, 6.45) is 7.58. The van der Waals surface area contributed by atoms with Crippen molar-refractivity contribution >= 4 is 17.8 Å². The number of amides is 2. The minimum Gasteiger partial charge on any atom is -0.477 e. The van der Waals surface area contributed by atoms with E-state index >= 15 is 0 Å². The molecule has 24 nitrogen and oxygen atoms in total. The van der Waals surface area contributed by atoms with Gasteiger partial charge in [-0.15, -0.1) is 0 Å². The second-order valence-corrected chi connectivity index (χ2v) is 23.9. The minimum atomic E-state index is -3.13. The highest BCUT2D eigenvalue weighted by molar-refractivity contribution is 5.94. The number of nitrogens with zero attached hydrogens (tertiary/aromatic N) is 1. The number of carbonyl (C=O) groups excluding carboxylic acids is 2. The predicted molar refractivity (Wildman–Crippen MR) is 319 cm³/mol. The summed E-state index contributed by atoms with van der Waals surface area (Å²) in [7, 11) is 0. The summed E-state index contributed by atoms with van der Waals surface area (Å²) in [6, 6.07) is -0.0938. The number of rotatable bonds is 46. The van der Waals surface area contributed by atoms with E-state index in [4.69, 9.17) is 28.4 Å². The lowest BCUT2D eigenvalue weighted by Gasteiger charge is -2.50. The molecule has 0 radical (unpaired) electrons. The molecule has 3 saturated heterocycles. The van der Waals surface area contributed by atoms with Gasteiger partial charge in [0.05, 0.1) is 50.7 Å². The Kier molecular flexibility index (Phi) is 37.3. The number of hydrogen-bond acceptors (Lipinski definition) is 21. The van der Waals surface area contributed by atoms with E-state index in [0.29, 0.717) is 12.8 Å². The Labute approximate surface area is 514 Å². The second-order valence-electron chi connectivity index (χ2n) is 23.9. The smallest absolute Gasteiger partial charge is 0.364 e. The van der Waals surface area contributed by atoms with E-state index < -0.39 is 155 Å². The Morgan fingerprint density at radius 2 is 1.18 bits per heavy atom. The Balaban J connectivity index is 1.40. The molecule has 14 N–H and O–H groups in total. The van der Waals surface area contributed by atoms with Crippen LogP contribution < -0.4 is 10.6 Å². The van der Waals surface area contributed by atoms with E-state index in [2.05, 4.69) is 29.5 Å². The number of pyridine rings is 1. The van der Waals surface area contributed by atoms with Crippen molar-refractivity contribution < 1.29 is 104 Å². The standard InChI is InChI=1S/C63H109N3O21/c1-3-5-7-9-11-13-15-17-18-20-22-24-26-28-30-32-49(73)65-43(44(70)31-29-27-25-23-21-19-16-14-12-10-8-6-4-2)41-82-60-54(77)53(76)56(48(40-69)84-60)85-61-55(78)58(52(75)47(39-68)83-61)87-63(62(80)81)37-45(71)50(57(86-63)51(74)46(72)38-67)66-59(79)42-33-35-64-36-34-42/h29,31,33-36,43-48,50-58,60-61,67-72,74-78H,3-28,30,32,37-41H2,1-2H3,(H,65,73)(H,66,79)(H,80,81)/b31-29+/t43-,44+,45-,46+,47+,48+,50+,51+,52-,53+,54+,55+,56+,57+,58-,60+,61-,63-/m0/s1. The van der Waals surface area contributed by atoms with Crippen LogP contribution in [0.1, 0.15) is 210 Å². The largest absolute Gasteiger partial charge is 0.477 e. The first-order chi connectivity index (χ1) is 42.0. The van der Waals surface area contributed by atoms with Gasteiger partial charge < -0.3 is 100 Å². The summed E-state index contributed by atoms with van der Waals surface area (Å²) in [6.45, 7) is 0.990. The molecule has 0 bridgehead atoms. The third-order valence-electron chi connectivity index (χ3n) is 16.8. The number of aliphatic hydroxyl groups excluding tert-OH is 11. The van der Waals surface area contributed by atoms with E-state index in [9.17, 15) is 75.7 Å². The molecule has 0 saturated carbocycles. The summed E-state index contributed by atoms with van der Waals surface area (Å²) in [5.74, 6) is -6.30. The first-order valence-electron chi connectivity index (χ1n) is 32.6. The first kappa shape index (κ1) is 76.1. The van der Waals surface area contributed by atoms with Crippen LogP contribution in [0.2, 0.25) is 0 Å². The van der Waals surface area contributed by atoms with Gasteiger partial charge in [0.15, 0.2) is 12.6 Å². The van der Waals surface area contributed by atoms with Crippen LogP contribution in [0, 0.1) is 0 Å². The number of aromatic nitrogens is 1. The summed E-state index contributed by atoms with van der Waals surface area (Å²) in [5.41, 5.74) is 0.0271. The normalized spacial score (nSPS) is 29.1. The molecule has 3 aliphatic heterocycles. The van der Waals surface area contributed by atoms with Crippen molar-refractivity contribution in [3.8, 4) is 0 Å².